The summed E-state index contributed by atoms with van der Waals surface area (Å²) in [6.45, 7) is 5.31. The number of methoxy groups -OCH3 is 2. The molecule has 3 aliphatic rings. The number of epoxide rings is 1. The van der Waals surface area contributed by atoms with E-state index in [1.54, 1.807) is 38.1 Å². The molecule has 3 heterocycles. The molecular weight excluding hydrogens is 710 g/mol. The lowest BCUT2D eigenvalue weighted by Crippen LogP contribution is -2.63. The van der Waals surface area contributed by atoms with Crippen LogP contribution in [0.2, 0.25) is 10.0 Å². The smallest absolute Gasteiger partial charge is 0.412 e. The Balaban J connectivity index is 1.54. The molecule has 0 aliphatic carbocycles. The number of fused-ring (bicyclic) bond motifs is 5. The molecule has 5 rings (SSSR count). The van der Waals surface area contributed by atoms with Gasteiger partial charge in [0.25, 0.3) is 0 Å². The number of alkyl carbamates (subject to hydrolysis) is 1. The summed E-state index contributed by atoms with van der Waals surface area (Å²) in [4.78, 5) is 41.4. The molecule has 0 spiro atoms. The van der Waals surface area contributed by atoms with Crippen molar-refractivity contribution in [3.8, 4) is 5.75 Å². The highest BCUT2D eigenvalue weighted by Crippen LogP contribution is 2.49. The van der Waals surface area contributed by atoms with Crippen LogP contribution in [0.5, 0.6) is 5.75 Å². The van der Waals surface area contributed by atoms with Gasteiger partial charge in [-0.3, -0.25) is 15.4 Å². The Labute approximate surface area is 304 Å². The summed E-state index contributed by atoms with van der Waals surface area (Å²) in [5.74, 6) is -1.54. The lowest BCUT2D eigenvalue weighted by Gasteiger charge is -2.42. The molecule has 0 saturated carbocycles. The fraction of sp³-hybridized carbons (Fsp3) is 0.457. The highest BCUT2D eigenvalue weighted by molar-refractivity contribution is 6.35. The van der Waals surface area contributed by atoms with Gasteiger partial charge in [-0.15, -0.1) is 0 Å². The van der Waals surface area contributed by atoms with E-state index < -0.39 is 65.6 Å². The highest BCUT2D eigenvalue weighted by Gasteiger charge is 2.64. The van der Waals surface area contributed by atoms with Gasteiger partial charge in [0.2, 0.25) is 5.91 Å². The fourth-order valence-corrected chi connectivity index (χ4v) is 7.06. The zero-order valence-electron chi connectivity index (χ0n) is 28.9. The average molecular weight is 752 g/mol. The molecule has 7 atom stereocenters. The zero-order chi connectivity index (χ0) is 37.4. The number of rotatable bonds is 4. The Kier molecular flexibility index (Phi) is 11.1. The summed E-state index contributed by atoms with van der Waals surface area (Å²) < 4.78 is 43.0. The Morgan fingerprint density at radius 2 is 1.94 bits per heavy atom. The van der Waals surface area contributed by atoms with Crippen molar-refractivity contribution < 1.29 is 47.6 Å². The molecule has 5 N–H and O–H groups in total. The maximum absolute atomic E-state index is 14.2. The standard InChI is InChI=1S/C35H41Cl2FN4O9/c1-17-8-7-9-27(48-6)35(46)16-26(49-33(45)41-35)18(2)31-34(3,51-31)28(50-32(44)40-23-14-21(38)22(39)13-20(23)36)15-29(43)42(4)24-11-19(10-17)12-25(47-5)30(24)37/h7-9,11-14,18,26-28,31,46H,10,15-16,39H2,1-6H3,(H,40,44)(H,41,45)/b9-7+,17-8+/t18-,26+,27-,28+,31+,34+,35+/m1/s1. The molecule has 13 nitrogen and oxygen atoms in total. The first-order chi connectivity index (χ1) is 24.0. The molecule has 51 heavy (non-hydrogen) atoms. The van der Waals surface area contributed by atoms with Gasteiger partial charge in [-0.05, 0) is 44.0 Å². The van der Waals surface area contributed by atoms with Gasteiger partial charge in [-0.25, -0.2) is 14.0 Å². The summed E-state index contributed by atoms with van der Waals surface area (Å²) in [5, 5.41) is 16.7. The lowest BCUT2D eigenvalue weighted by atomic mass is 9.83. The Bertz CT molecular complexity index is 1780. The quantitative estimate of drug-likeness (QED) is 0.223. The van der Waals surface area contributed by atoms with E-state index in [4.69, 9.17) is 52.6 Å². The van der Waals surface area contributed by atoms with E-state index in [9.17, 15) is 23.9 Å². The maximum atomic E-state index is 14.2. The van der Waals surface area contributed by atoms with Crippen molar-refractivity contribution in [2.75, 3.05) is 37.2 Å². The van der Waals surface area contributed by atoms with Crippen LogP contribution >= 0.6 is 23.2 Å². The van der Waals surface area contributed by atoms with E-state index in [2.05, 4.69) is 10.6 Å². The molecule has 0 radical (unpaired) electrons. The van der Waals surface area contributed by atoms with Crippen LogP contribution in [0.25, 0.3) is 0 Å². The van der Waals surface area contributed by atoms with Gasteiger partial charge in [-0.2, -0.15) is 0 Å². The monoisotopic (exact) mass is 750 g/mol. The Hall–Kier alpha value is -4.08. The third-order valence-electron chi connectivity index (χ3n) is 9.52. The van der Waals surface area contributed by atoms with E-state index in [-0.39, 0.29) is 34.3 Å². The van der Waals surface area contributed by atoms with E-state index >= 15 is 0 Å². The van der Waals surface area contributed by atoms with Gasteiger partial charge in [-0.1, -0.05) is 53.9 Å². The number of anilines is 3. The molecule has 4 bridgehead atoms. The topological polar surface area (TPSA) is 174 Å². The number of allylic oxidation sites excluding steroid dienone is 3. The number of nitrogens with two attached hydrogens (primary N) is 1. The van der Waals surface area contributed by atoms with Crippen molar-refractivity contribution in [1.29, 1.82) is 0 Å². The Morgan fingerprint density at radius 3 is 2.63 bits per heavy atom. The van der Waals surface area contributed by atoms with E-state index in [0.29, 0.717) is 17.9 Å². The zero-order valence-corrected chi connectivity index (χ0v) is 30.4. The minimum absolute atomic E-state index is 0.0412. The first kappa shape index (κ1) is 38.2. The minimum Gasteiger partial charge on any atom is -0.495 e. The van der Waals surface area contributed by atoms with Crippen molar-refractivity contribution in [2.24, 2.45) is 5.92 Å². The number of aliphatic hydroxyl groups is 1. The number of carbonyl (C=O) groups is 3. The molecule has 2 fully saturated rings. The maximum Gasteiger partial charge on any atom is 0.412 e. The molecule has 276 valence electrons. The summed E-state index contributed by atoms with van der Waals surface area (Å²) in [6, 6.07) is 5.60. The second kappa shape index (κ2) is 14.9. The number of nitrogen functional groups attached to an aromatic ring is 1. The van der Waals surface area contributed by atoms with Crippen LogP contribution in [0.15, 0.2) is 48.1 Å². The number of nitrogens with zero attached hydrogens (tertiary/aromatic N) is 1. The average Bonchev–Trinajstić information content (AvgIpc) is 3.76. The third kappa shape index (κ3) is 8.05. The molecule has 0 unspecified atom stereocenters. The number of carbonyl (C=O) groups excluding carboxylic acids is 3. The predicted molar refractivity (Wildman–Crippen MR) is 189 cm³/mol. The number of halogens is 3. The molecular formula is C35H41Cl2FN4O9. The number of hydrogen-bond donors (Lipinski definition) is 4. The summed E-state index contributed by atoms with van der Waals surface area (Å²) >= 11 is 12.9. The second-order valence-electron chi connectivity index (χ2n) is 13.2. The van der Waals surface area contributed by atoms with Crippen LogP contribution in [0.3, 0.4) is 0 Å². The Morgan fingerprint density at radius 1 is 1.22 bits per heavy atom. The van der Waals surface area contributed by atoms with Gasteiger partial charge in [0.15, 0.2) is 5.72 Å². The summed E-state index contributed by atoms with van der Waals surface area (Å²) in [7, 11) is 4.41. The second-order valence-corrected chi connectivity index (χ2v) is 14.0. The lowest BCUT2D eigenvalue weighted by molar-refractivity contribution is -0.142. The number of amides is 3. The fourth-order valence-electron chi connectivity index (χ4n) is 6.53. The van der Waals surface area contributed by atoms with Gasteiger partial charge >= 0.3 is 12.2 Å². The summed E-state index contributed by atoms with van der Waals surface area (Å²) in [5.41, 5.74) is 4.15. The largest absolute Gasteiger partial charge is 0.495 e. The molecule has 3 amide bonds. The molecule has 2 saturated heterocycles. The third-order valence-corrected chi connectivity index (χ3v) is 10.2. The van der Waals surface area contributed by atoms with Gasteiger partial charge in [0.05, 0.1) is 41.7 Å². The molecule has 0 aromatic heterocycles. The van der Waals surface area contributed by atoms with E-state index in [1.165, 1.54) is 26.2 Å². The summed E-state index contributed by atoms with van der Waals surface area (Å²) in [6.07, 6.45) is -0.556. The van der Waals surface area contributed by atoms with Gasteiger partial charge < -0.3 is 39.4 Å². The van der Waals surface area contributed by atoms with Crippen molar-refractivity contribution in [1.82, 2.24) is 5.32 Å². The predicted octanol–water partition coefficient (Wildman–Crippen LogP) is 5.75. The van der Waals surface area contributed by atoms with Crippen LogP contribution in [-0.4, -0.2) is 80.2 Å². The number of benzene rings is 2. The van der Waals surface area contributed by atoms with Crippen molar-refractivity contribution >= 4 is 58.4 Å². The van der Waals surface area contributed by atoms with Crippen molar-refractivity contribution in [3.63, 3.8) is 0 Å². The first-order valence-corrected chi connectivity index (χ1v) is 16.9. The first-order valence-electron chi connectivity index (χ1n) is 16.1. The number of hydrogen-bond acceptors (Lipinski definition) is 10. The van der Waals surface area contributed by atoms with Crippen LogP contribution in [0.1, 0.15) is 39.2 Å². The van der Waals surface area contributed by atoms with Gasteiger partial charge in [0, 0.05) is 32.6 Å². The van der Waals surface area contributed by atoms with Crippen LogP contribution in [0.4, 0.5) is 31.0 Å². The molecule has 3 aliphatic heterocycles. The van der Waals surface area contributed by atoms with Crippen molar-refractivity contribution in [2.45, 2.75) is 75.8 Å². The van der Waals surface area contributed by atoms with E-state index in [0.717, 1.165) is 23.3 Å². The highest BCUT2D eigenvalue weighted by atomic mass is 35.5. The molecule has 2 aromatic rings. The van der Waals surface area contributed by atoms with Crippen LogP contribution < -0.4 is 26.0 Å². The number of ether oxygens (including phenoxy) is 5. The molecule has 2 aromatic carbocycles. The van der Waals surface area contributed by atoms with Crippen LogP contribution in [0, 0.1) is 11.7 Å². The van der Waals surface area contributed by atoms with Crippen LogP contribution in [-0.2, 0) is 30.2 Å². The normalized spacial score (nSPS) is 31.3. The van der Waals surface area contributed by atoms with E-state index in [1.807, 2.05) is 13.0 Å². The van der Waals surface area contributed by atoms with Crippen molar-refractivity contribution in [3.05, 3.63) is 69.5 Å². The number of nitrogens with one attached hydrogen (secondary N) is 2. The molecule has 16 heteroatoms. The van der Waals surface area contributed by atoms with Gasteiger partial charge in [0.1, 0.15) is 40.5 Å². The minimum atomic E-state index is -1.85. The SMILES string of the molecule is COc1cc2cc(c1Cl)N(C)C(=O)C[C@H](OC(=O)Nc1cc(F)c(N)cc1Cl)[C@]1(C)O[C@H]1[C@H](C)[C@@H]1C[C@@](O)(NC(=O)O1)[C@H](OC)/C=C/C=C(\C)C2.